The number of nitro benzene ring substituents is 2. The van der Waals surface area contributed by atoms with Gasteiger partial charge < -0.3 is 5.73 Å². The Hall–Kier alpha value is -3.00. The standard InChI is InChI=1S/C8H5ClN2O3.C7H7ClN2O2/c1-5-7(9)2-6(11(13)14)3-8(5)10-4-12;1-4-6(8)2-5(10(11)12)3-7(4)9/h2-3H,1H3;2-3H,9H2,1H3. The van der Waals surface area contributed by atoms with Crippen LogP contribution < -0.4 is 5.73 Å². The smallest absolute Gasteiger partial charge is 0.273 e. The molecule has 0 atom stereocenters. The van der Waals surface area contributed by atoms with Crippen LogP contribution in [0.3, 0.4) is 0 Å². The van der Waals surface area contributed by atoms with Gasteiger partial charge in [0.05, 0.1) is 25.6 Å². The highest BCUT2D eigenvalue weighted by molar-refractivity contribution is 6.32. The third kappa shape index (κ3) is 5.25. The molecule has 2 aromatic carbocycles. The summed E-state index contributed by atoms with van der Waals surface area (Å²) in [6.07, 6.45) is 1.31. The number of nitro groups is 2. The quantitative estimate of drug-likeness (QED) is 0.261. The van der Waals surface area contributed by atoms with Crippen molar-refractivity contribution in [2.45, 2.75) is 13.8 Å². The van der Waals surface area contributed by atoms with E-state index < -0.39 is 9.85 Å². The summed E-state index contributed by atoms with van der Waals surface area (Å²) < 4.78 is 0. The number of aliphatic imine (C=N–C) groups is 1. The van der Waals surface area contributed by atoms with E-state index in [1.165, 1.54) is 30.3 Å². The number of anilines is 1. The average Bonchev–Trinajstić information content (AvgIpc) is 2.56. The van der Waals surface area contributed by atoms with Gasteiger partial charge in [-0.1, -0.05) is 23.2 Å². The van der Waals surface area contributed by atoms with Gasteiger partial charge >= 0.3 is 0 Å². The Morgan fingerprint density at radius 1 is 0.962 bits per heavy atom. The van der Waals surface area contributed by atoms with Crippen LogP contribution in [0.15, 0.2) is 29.3 Å². The normalized spacial score (nSPS) is 9.54. The van der Waals surface area contributed by atoms with Gasteiger partial charge in [0.25, 0.3) is 11.4 Å². The molecule has 0 heterocycles. The Bertz CT molecular complexity index is 903. The molecular formula is C15H12Cl2N4O5. The van der Waals surface area contributed by atoms with Gasteiger partial charge in [-0.25, -0.2) is 4.79 Å². The Labute approximate surface area is 157 Å². The molecule has 0 aliphatic rings. The van der Waals surface area contributed by atoms with Crippen molar-refractivity contribution in [2.75, 3.05) is 5.73 Å². The lowest BCUT2D eigenvalue weighted by Crippen LogP contribution is -1.94. The maximum atomic E-state index is 10.4. The van der Waals surface area contributed by atoms with Crippen LogP contribution in [0.25, 0.3) is 0 Å². The molecule has 0 aromatic heterocycles. The Morgan fingerprint density at radius 3 is 1.85 bits per heavy atom. The number of nitrogens with zero attached hydrogens (tertiary/aromatic N) is 3. The number of non-ortho nitro benzene ring substituents is 2. The summed E-state index contributed by atoms with van der Waals surface area (Å²) >= 11 is 11.4. The summed E-state index contributed by atoms with van der Waals surface area (Å²) in [5.41, 5.74) is 6.88. The highest BCUT2D eigenvalue weighted by Gasteiger charge is 2.12. The fraction of sp³-hybridized carbons (Fsp3) is 0.133. The highest BCUT2D eigenvalue weighted by Crippen LogP contribution is 2.31. The third-order valence-corrected chi connectivity index (χ3v) is 4.04. The van der Waals surface area contributed by atoms with Crippen molar-refractivity contribution in [1.29, 1.82) is 0 Å². The van der Waals surface area contributed by atoms with Gasteiger partial charge in [0.2, 0.25) is 6.08 Å². The van der Waals surface area contributed by atoms with E-state index >= 15 is 0 Å². The van der Waals surface area contributed by atoms with Gasteiger partial charge in [0.15, 0.2) is 0 Å². The number of nitrogens with two attached hydrogens (primary N) is 1. The number of carbonyl (C=O) groups excluding carboxylic acids is 1. The summed E-state index contributed by atoms with van der Waals surface area (Å²) in [6.45, 7) is 3.32. The van der Waals surface area contributed by atoms with E-state index in [9.17, 15) is 25.0 Å². The molecular weight excluding hydrogens is 387 g/mol. The van der Waals surface area contributed by atoms with Crippen LogP contribution in [0.1, 0.15) is 11.1 Å². The minimum absolute atomic E-state index is 0.0805. The first-order chi connectivity index (χ1) is 12.1. The Kier molecular flexibility index (Phi) is 7.21. The van der Waals surface area contributed by atoms with Crippen LogP contribution in [0, 0.1) is 34.1 Å². The van der Waals surface area contributed by atoms with E-state index in [-0.39, 0.29) is 22.1 Å². The van der Waals surface area contributed by atoms with E-state index in [0.29, 0.717) is 21.8 Å². The summed E-state index contributed by atoms with van der Waals surface area (Å²) in [7, 11) is 0. The van der Waals surface area contributed by atoms with E-state index in [1.54, 1.807) is 13.8 Å². The number of benzene rings is 2. The number of rotatable bonds is 3. The van der Waals surface area contributed by atoms with E-state index in [0.717, 1.165) is 0 Å². The van der Waals surface area contributed by atoms with Gasteiger partial charge in [-0.15, -0.1) is 0 Å². The molecule has 0 saturated carbocycles. The molecule has 0 amide bonds. The lowest BCUT2D eigenvalue weighted by Gasteiger charge is -2.01. The maximum Gasteiger partial charge on any atom is 0.273 e. The molecule has 26 heavy (non-hydrogen) atoms. The van der Waals surface area contributed by atoms with Crippen LogP contribution in [0.2, 0.25) is 10.0 Å². The van der Waals surface area contributed by atoms with Crippen LogP contribution in [0.4, 0.5) is 22.7 Å². The Balaban J connectivity index is 0.000000263. The first-order valence-corrected chi connectivity index (χ1v) is 7.56. The van der Waals surface area contributed by atoms with Crippen molar-refractivity contribution in [1.82, 2.24) is 0 Å². The largest absolute Gasteiger partial charge is 0.398 e. The lowest BCUT2D eigenvalue weighted by molar-refractivity contribution is -0.385. The molecule has 11 heteroatoms. The molecule has 0 fully saturated rings. The summed E-state index contributed by atoms with van der Waals surface area (Å²) in [6, 6.07) is 4.96. The van der Waals surface area contributed by atoms with E-state index in [2.05, 4.69) is 4.99 Å². The van der Waals surface area contributed by atoms with Gasteiger partial charge in [0.1, 0.15) is 0 Å². The number of nitrogen functional groups attached to an aromatic ring is 1. The SMILES string of the molecule is Cc1c(Cl)cc([N+](=O)[O-])cc1N=C=O.Cc1c(N)cc([N+](=O)[O-])cc1Cl. The second-order valence-electron chi connectivity index (χ2n) is 4.93. The molecule has 2 N–H and O–H groups in total. The number of halogens is 2. The van der Waals surface area contributed by atoms with Gasteiger partial charge in [0, 0.05) is 30.0 Å². The number of hydrogen-bond donors (Lipinski definition) is 1. The van der Waals surface area contributed by atoms with Crippen molar-refractivity contribution >= 4 is 52.0 Å². The molecule has 0 saturated heterocycles. The maximum absolute atomic E-state index is 10.4. The predicted molar refractivity (Wildman–Crippen MR) is 97.9 cm³/mol. The lowest BCUT2D eigenvalue weighted by atomic mass is 10.2. The molecule has 136 valence electrons. The average molecular weight is 399 g/mol. The highest BCUT2D eigenvalue weighted by atomic mass is 35.5. The van der Waals surface area contributed by atoms with Crippen molar-refractivity contribution < 1.29 is 14.6 Å². The number of isocyanates is 1. The van der Waals surface area contributed by atoms with Crippen molar-refractivity contribution in [3.05, 3.63) is 65.7 Å². The molecule has 2 aromatic rings. The molecule has 0 unspecified atom stereocenters. The first kappa shape index (κ1) is 21.0. The second-order valence-corrected chi connectivity index (χ2v) is 5.75. The third-order valence-electron chi connectivity index (χ3n) is 3.26. The minimum Gasteiger partial charge on any atom is -0.398 e. The van der Waals surface area contributed by atoms with Gasteiger partial charge in [-0.05, 0) is 25.0 Å². The minimum atomic E-state index is -0.602. The predicted octanol–water partition coefficient (Wildman–Crippen LogP) is 4.66. The molecule has 9 nitrogen and oxygen atoms in total. The van der Waals surface area contributed by atoms with E-state index in [4.69, 9.17) is 28.9 Å². The van der Waals surface area contributed by atoms with Crippen LogP contribution in [0.5, 0.6) is 0 Å². The Morgan fingerprint density at radius 2 is 1.42 bits per heavy atom. The fourth-order valence-electron chi connectivity index (χ4n) is 1.71. The zero-order valence-corrected chi connectivity index (χ0v) is 15.0. The van der Waals surface area contributed by atoms with Crippen LogP contribution >= 0.6 is 23.2 Å². The summed E-state index contributed by atoms with van der Waals surface area (Å²) in [4.78, 5) is 32.9. The zero-order valence-electron chi connectivity index (χ0n) is 13.5. The summed E-state index contributed by atoms with van der Waals surface area (Å²) in [5, 5.41) is 21.3. The fourth-order valence-corrected chi connectivity index (χ4v) is 2.14. The van der Waals surface area contributed by atoms with Crippen molar-refractivity contribution in [2.24, 2.45) is 4.99 Å². The van der Waals surface area contributed by atoms with Crippen molar-refractivity contribution in [3.8, 4) is 0 Å². The monoisotopic (exact) mass is 398 g/mol. The first-order valence-electron chi connectivity index (χ1n) is 6.80. The van der Waals surface area contributed by atoms with Crippen LogP contribution in [-0.2, 0) is 4.79 Å². The second kappa shape index (κ2) is 8.91. The van der Waals surface area contributed by atoms with Gasteiger partial charge in [-0.3, -0.25) is 20.2 Å². The number of hydrogen-bond acceptors (Lipinski definition) is 7. The molecule has 0 spiro atoms. The molecule has 2 rings (SSSR count). The molecule has 0 bridgehead atoms. The topological polar surface area (TPSA) is 142 Å². The van der Waals surface area contributed by atoms with Gasteiger partial charge in [-0.2, -0.15) is 4.99 Å². The summed E-state index contributed by atoms with van der Waals surface area (Å²) in [5.74, 6) is 0. The molecule has 0 aliphatic heterocycles. The van der Waals surface area contributed by atoms with Crippen molar-refractivity contribution in [3.63, 3.8) is 0 Å². The molecule has 0 radical (unpaired) electrons. The van der Waals surface area contributed by atoms with Crippen LogP contribution in [-0.4, -0.2) is 15.9 Å². The zero-order chi connectivity index (χ0) is 20.0. The molecule has 0 aliphatic carbocycles. The van der Waals surface area contributed by atoms with E-state index in [1.807, 2.05) is 0 Å².